The van der Waals surface area contributed by atoms with Crippen LogP contribution in [0.4, 0.5) is 0 Å². The van der Waals surface area contributed by atoms with Crippen molar-refractivity contribution in [3.05, 3.63) is 80.5 Å². The summed E-state index contributed by atoms with van der Waals surface area (Å²) in [6.07, 6.45) is 0. The number of para-hydroxylation sites is 2. The van der Waals surface area contributed by atoms with Crippen molar-refractivity contribution in [3.63, 3.8) is 0 Å². The number of ether oxygens (including phenoxy) is 1. The van der Waals surface area contributed by atoms with Crippen molar-refractivity contribution in [2.24, 2.45) is 0 Å². The Morgan fingerprint density at radius 1 is 0.808 bits per heavy atom. The number of hydrogen-bond acceptors (Lipinski definition) is 6. The number of benzene rings is 2. The Morgan fingerprint density at radius 3 is 2.12 bits per heavy atom. The van der Waals surface area contributed by atoms with E-state index in [2.05, 4.69) is 0 Å². The normalized spacial score (nSPS) is 15.9. The fourth-order valence-electron chi connectivity index (χ4n) is 3.52. The van der Waals surface area contributed by atoms with Crippen LogP contribution in [0.5, 0.6) is 11.5 Å². The molecular formula is C20H12O6. The van der Waals surface area contributed by atoms with Gasteiger partial charge in [0.1, 0.15) is 22.7 Å². The average Bonchev–Trinajstić information content (AvgIpc) is 3.07. The first-order valence-corrected chi connectivity index (χ1v) is 8.08. The van der Waals surface area contributed by atoms with Gasteiger partial charge in [-0.2, -0.15) is 0 Å². The second-order valence-electron chi connectivity index (χ2n) is 6.14. The van der Waals surface area contributed by atoms with E-state index in [0.717, 1.165) is 0 Å². The standard InChI is InChI=1S/C20H12O6/c21-17-10-5-1-3-7-13(10)25-19(22)15(17)12-9-24-18-11-6-2-4-8-14(11)26-20(23)16(12)18/h1-8,12,21H,9H2. The van der Waals surface area contributed by atoms with Gasteiger partial charge in [0.05, 0.1) is 34.4 Å². The minimum atomic E-state index is -0.758. The summed E-state index contributed by atoms with van der Waals surface area (Å²) in [5.41, 5.74) is -0.370. The van der Waals surface area contributed by atoms with Gasteiger partial charge in [0, 0.05) is 0 Å². The molecule has 0 spiro atoms. The first-order chi connectivity index (χ1) is 12.6. The van der Waals surface area contributed by atoms with Crippen molar-refractivity contribution in [1.82, 2.24) is 0 Å². The molecule has 2 aromatic carbocycles. The molecule has 0 aliphatic carbocycles. The number of aromatic hydroxyl groups is 1. The summed E-state index contributed by atoms with van der Waals surface area (Å²) < 4.78 is 16.4. The van der Waals surface area contributed by atoms with Crippen LogP contribution in [0.1, 0.15) is 17.0 Å². The van der Waals surface area contributed by atoms with E-state index < -0.39 is 17.2 Å². The summed E-state index contributed by atoms with van der Waals surface area (Å²) in [7, 11) is 0. The molecule has 3 heterocycles. The summed E-state index contributed by atoms with van der Waals surface area (Å²) in [5, 5.41) is 11.7. The van der Waals surface area contributed by atoms with Gasteiger partial charge in [-0.15, -0.1) is 0 Å². The van der Waals surface area contributed by atoms with Crippen LogP contribution in [0.25, 0.3) is 21.9 Å². The quantitative estimate of drug-likeness (QED) is 0.532. The Morgan fingerprint density at radius 2 is 1.38 bits per heavy atom. The molecule has 1 atom stereocenters. The topological polar surface area (TPSA) is 89.9 Å². The molecule has 1 N–H and O–H groups in total. The Kier molecular flexibility index (Phi) is 2.97. The van der Waals surface area contributed by atoms with Gasteiger partial charge in [-0.1, -0.05) is 24.3 Å². The van der Waals surface area contributed by atoms with Crippen LogP contribution in [0.2, 0.25) is 0 Å². The molecule has 4 aromatic rings. The smallest absolute Gasteiger partial charge is 0.344 e. The maximum atomic E-state index is 12.5. The molecule has 0 fully saturated rings. The maximum Gasteiger partial charge on any atom is 0.344 e. The van der Waals surface area contributed by atoms with Gasteiger partial charge in [0.25, 0.3) is 0 Å². The third-order valence-corrected chi connectivity index (χ3v) is 4.71. The molecule has 6 nitrogen and oxygen atoms in total. The van der Waals surface area contributed by atoms with Crippen molar-refractivity contribution in [3.8, 4) is 11.5 Å². The second-order valence-corrected chi connectivity index (χ2v) is 6.14. The van der Waals surface area contributed by atoms with Gasteiger partial charge >= 0.3 is 11.3 Å². The molecule has 5 rings (SSSR count). The van der Waals surface area contributed by atoms with Crippen LogP contribution >= 0.6 is 0 Å². The molecular weight excluding hydrogens is 336 g/mol. The van der Waals surface area contributed by atoms with Crippen molar-refractivity contribution in [2.45, 2.75) is 5.92 Å². The molecule has 2 aromatic heterocycles. The van der Waals surface area contributed by atoms with Gasteiger partial charge in [0.2, 0.25) is 0 Å². The van der Waals surface area contributed by atoms with Crippen molar-refractivity contribution in [2.75, 3.05) is 6.61 Å². The lowest BCUT2D eigenvalue weighted by Gasteiger charge is -2.10. The summed E-state index contributed by atoms with van der Waals surface area (Å²) >= 11 is 0. The lowest BCUT2D eigenvalue weighted by atomic mass is 9.93. The van der Waals surface area contributed by atoms with Crippen LogP contribution in [0.3, 0.4) is 0 Å². The third kappa shape index (κ3) is 1.92. The van der Waals surface area contributed by atoms with E-state index in [1.165, 1.54) is 0 Å². The molecule has 0 saturated carbocycles. The highest BCUT2D eigenvalue weighted by molar-refractivity contribution is 5.87. The molecule has 0 radical (unpaired) electrons. The Bertz CT molecular complexity index is 1300. The van der Waals surface area contributed by atoms with Crippen LogP contribution < -0.4 is 16.0 Å². The van der Waals surface area contributed by atoms with Gasteiger partial charge in [-0.25, -0.2) is 9.59 Å². The second kappa shape index (κ2) is 5.23. The SMILES string of the molecule is O=c1oc2ccccc2c(O)c1C1COc2c1c(=O)oc1ccccc21. The Balaban J connectivity index is 1.82. The van der Waals surface area contributed by atoms with Crippen LogP contribution in [-0.2, 0) is 0 Å². The lowest BCUT2D eigenvalue weighted by Crippen LogP contribution is -2.19. The maximum absolute atomic E-state index is 12.5. The van der Waals surface area contributed by atoms with Crippen LogP contribution in [0, 0.1) is 0 Å². The summed E-state index contributed by atoms with van der Waals surface area (Å²) in [4.78, 5) is 25.0. The highest BCUT2D eigenvalue weighted by Gasteiger charge is 2.36. The molecule has 128 valence electrons. The highest BCUT2D eigenvalue weighted by atomic mass is 16.5. The number of rotatable bonds is 1. The van der Waals surface area contributed by atoms with Crippen molar-refractivity contribution in [1.29, 1.82) is 0 Å². The monoisotopic (exact) mass is 348 g/mol. The van der Waals surface area contributed by atoms with Crippen molar-refractivity contribution < 1.29 is 18.7 Å². The minimum absolute atomic E-state index is 0.00466. The molecule has 1 aliphatic rings. The van der Waals surface area contributed by atoms with E-state index >= 15 is 0 Å². The summed E-state index contributed by atoms with van der Waals surface area (Å²) in [5.74, 6) is -0.577. The summed E-state index contributed by atoms with van der Waals surface area (Å²) in [6, 6.07) is 13.7. The average molecular weight is 348 g/mol. The van der Waals surface area contributed by atoms with Crippen LogP contribution in [0.15, 0.2) is 67.0 Å². The first-order valence-electron chi connectivity index (χ1n) is 8.08. The van der Waals surface area contributed by atoms with Gasteiger partial charge < -0.3 is 18.7 Å². The van der Waals surface area contributed by atoms with E-state index in [-0.39, 0.29) is 29.1 Å². The zero-order valence-electron chi connectivity index (χ0n) is 13.4. The van der Waals surface area contributed by atoms with E-state index in [9.17, 15) is 14.7 Å². The molecule has 1 unspecified atom stereocenters. The number of hydrogen-bond donors (Lipinski definition) is 1. The number of fused-ring (bicyclic) bond motifs is 4. The Hall–Kier alpha value is -3.54. The van der Waals surface area contributed by atoms with Crippen molar-refractivity contribution >= 4 is 21.9 Å². The van der Waals surface area contributed by atoms with Gasteiger partial charge in [-0.05, 0) is 24.3 Å². The minimum Gasteiger partial charge on any atom is -0.507 e. The molecule has 0 amide bonds. The first kappa shape index (κ1) is 14.8. The van der Waals surface area contributed by atoms with Gasteiger partial charge in [-0.3, -0.25) is 0 Å². The molecule has 1 aliphatic heterocycles. The van der Waals surface area contributed by atoms with E-state index in [1.807, 2.05) is 0 Å². The van der Waals surface area contributed by atoms with E-state index in [1.54, 1.807) is 48.5 Å². The molecule has 0 bridgehead atoms. The fourth-order valence-corrected chi connectivity index (χ4v) is 3.52. The third-order valence-electron chi connectivity index (χ3n) is 4.71. The van der Waals surface area contributed by atoms with Crippen LogP contribution in [-0.4, -0.2) is 11.7 Å². The highest BCUT2D eigenvalue weighted by Crippen LogP contribution is 2.43. The molecule has 0 saturated heterocycles. The predicted octanol–water partition coefficient (Wildman–Crippen LogP) is 3.13. The molecule has 26 heavy (non-hydrogen) atoms. The zero-order valence-corrected chi connectivity index (χ0v) is 13.4. The predicted molar refractivity (Wildman–Crippen MR) is 94.0 cm³/mol. The Labute approximate surface area is 145 Å². The van der Waals surface area contributed by atoms with E-state index in [0.29, 0.717) is 22.1 Å². The van der Waals surface area contributed by atoms with Gasteiger partial charge in [0.15, 0.2) is 0 Å². The van der Waals surface area contributed by atoms with E-state index in [4.69, 9.17) is 13.6 Å². The zero-order chi connectivity index (χ0) is 17.8. The summed E-state index contributed by atoms with van der Waals surface area (Å²) in [6.45, 7) is 0.0464. The largest absolute Gasteiger partial charge is 0.507 e. The molecule has 6 heteroatoms. The lowest BCUT2D eigenvalue weighted by molar-refractivity contribution is 0.340. The fraction of sp³-hybridized carbons (Fsp3) is 0.100.